The van der Waals surface area contributed by atoms with Gasteiger partial charge in [-0.05, 0) is 63.4 Å². The van der Waals surface area contributed by atoms with Gasteiger partial charge in [0.1, 0.15) is 5.75 Å². The van der Waals surface area contributed by atoms with Crippen LogP contribution in [0.4, 0.5) is 0 Å². The second-order valence-corrected chi connectivity index (χ2v) is 8.83. The summed E-state index contributed by atoms with van der Waals surface area (Å²) in [5.41, 5.74) is 1.58. The van der Waals surface area contributed by atoms with Crippen molar-refractivity contribution in [3.63, 3.8) is 0 Å². The van der Waals surface area contributed by atoms with Gasteiger partial charge >= 0.3 is 5.97 Å². The highest BCUT2D eigenvalue weighted by Crippen LogP contribution is 2.29. The summed E-state index contributed by atoms with van der Waals surface area (Å²) in [5, 5.41) is 8.95. The number of hydrogen-bond donors (Lipinski definition) is 1. The van der Waals surface area contributed by atoms with E-state index in [1.165, 1.54) is 4.31 Å². The fraction of sp³-hybridized carbons (Fsp3) is 0.611. The van der Waals surface area contributed by atoms with Crippen LogP contribution in [0.25, 0.3) is 0 Å². The first-order chi connectivity index (χ1) is 12.2. The monoisotopic (exact) mass is 384 g/mol. The largest absolute Gasteiger partial charge is 0.496 e. The Bertz CT molecular complexity index is 740. The van der Waals surface area contributed by atoms with Crippen molar-refractivity contribution in [1.82, 2.24) is 9.21 Å². The lowest BCUT2D eigenvalue weighted by molar-refractivity contribution is -0.138. The molecule has 146 valence electrons. The van der Waals surface area contributed by atoms with Crippen LogP contribution in [0.1, 0.15) is 30.4 Å². The summed E-state index contributed by atoms with van der Waals surface area (Å²) in [6.45, 7) is 4.48. The molecule has 0 aromatic heterocycles. The summed E-state index contributed by atoms with van der Waals surface area (Å²) in [6.07, 6.45) is 2.12. The molecule has 1 unspecified atom stereocenters. The molecule has 0 radical (unpaired) electrons. The van der Waals surface area contributed by atoms with Gasteiger partial charge in [-0.1, -0.05) is 0 Å². The normalized spacial score (nSPS) is 19.3. The molecule has 1 aliphatic heterocycles. The third-order valence-corrected chi connectivity index (χ3v) is 6.82. The van der Waals surface area contributed by atoms with E-state index < -0.39 is 16.0 Å². The number of aryl methyl sites for hydroxylation is 2. The summed E-state index contributed by atoms with van der Waals surface area (Å²) in [4.78, 5) is 13.0. The minimum atomic E-state index is -3.58. The number of carbonyl (C=O) groups is 1. The van der Waals surface area contributed by atoms with Gasteiger partial charge in [0, 0.05) is 19.1 Å². The lowest BCUT2D eigenvalue weighted by Gasteiger charge is -2.25. The Labute approximate surface area is 155 Å². The molecule has 2 rings (SSSR count). The van der Waals surface area contributed by atoms with Crippen LogP contribution >= 0.6 is 0 Å². The minimum Gasteiger partial charge on any atom is -0.496 e. The minimum absolute atomic E-state index is 0.0334. The zero-order chi connectivity index (χ0) is 19.5. The molecule has 1 aliphatic rings. The smallest absolute Gasteiger partial charge is 0.317 e. The predicted molar refractivity (Wildman–Crippen MR) is 99.1 cm³/mol. The Morgan fingerprint density at radius 1 is 1.27 bits per heavy atom. The summed E-state index contributed by atoms with van der Waals surface area (Å²) in [7, 11) is -0.232. The number of likely N-dealkylation sites (N-methyl/N-ethyl adjacent to an activating group) is 1. The van der Waals surface area contributed by atoms with Gasteiger partial charge < -0.3 is 9.84 Å². The fourth-order valence-corrected chi connectivity index (χ4v) is 5.27. The number of carboxylic acids is 1. The van der Waals surface area contributed by atoms with E-state index in [9.17, 15) is 13.2 Å². The van der Waals surface area contributed by atoms with Crippen LogP contribution in [0, 0.1) is 13.8 Å². The number of nitrogens with zero attached hydrogens (tertiary/aromatic N) is 2. The number of hydrogen-bond acceptors (Lipinski definition) is 5. The zero-order valence-corrected chi connectivity index (χ0v) is 16.7. The summed E-state index contributed by atoms with van der Waals surface area (Å²) in [6, 6.07) is 3.38. The van der Waals surface area contributed by atoms with Crippen molar-refractivity contribution < 1.29 is 23.1 Å². The third-order valence-electron chi connectivity index (χ3n) is 4.94. The second-order valence-electron chi connectivity index (χ2n) is 6.89. The number of rotatable bonds is 6. The van der Waals surface area contributed by atoms with Gasteiger partial charge in [0.25, 0.3) is 0 Å². The van der Waals surface area contributed by atoms with E-state index in [1.807, 2.05) is 13.8 Å². The maximum Gasteiger partial charge on any atom is 0.317 e. The fourth-order valence-electron chi connectivity index (χ4n) is 3.61. The SMILES string of the molecule is COc1c(C)cc(S(=O)(=O)N2CCCC(N(C)CC(=O)O)CC2)cc1C. The number of aliphatic carboxylic acids is 1. The molecule has 0 aliphatic carbocycles. The van der Waals surface area contributed by atoms with E-state index in [2.05, 4.69) is 0 Å². The van der Waals surface area contributed by atoms with Crippen molar-refractivity contribution in [2.45, 2.75) is 44.0 Å². The third kappa shape index (κ3) is 4.55. The molecule has 1 aromatic rings. The van der Waals surface area contributed by atoms with Crippen LogP contribution in [0.15, 0.2) is 17.0 Å². The predicted octanol–water partition coefficient (Wildman–Crippen LogP) is 1.87. The summed E-state index contributed by atoms with van der Waals surface area (Å²) in [5.74, 6) is -0.166. The molecule has 1 saturated heterocycles. The van der Waals surface area contributed by atoms with Crippen molar-refractivity contribution in [2.75, 3.05) is 33.8 Å². The first-order valence-corrected chi connectivity index (χ1v) is 10.2. The molecule has 0 spiro atoms. The molecular formula is C18H28N2O5S. The van der Waals surface area contributed by atoms with Gasteiger partial charge in [-0.2, -0.15) is 4.31 Å². The van der Waals surface area contributed by atoms with E-state index in [4.69, 9.17) is 9.84 Å². The maximum absolute atomic E-state index is 13.1. The number of carboxylic acid groups (broad SMARTS) is 1. The Morgan fingerprint density at radius 3 is 2.42 bits per heavy atom. The molecule has 1 N–H and O–H groups in total. The van der Waals surface area contributed by atoms with E-state index in [-0.39, 0.29) is 17.5 Å². The van der Waals surface area contributed by atoms with Crippen molar-refractivity contribution in [3.05, 3.63) is 23.3 Å². The lowest BCUT2D eigenvalue weighted by atomic mass is 10.1. The average Bonchev–Trinajstić information content (AvgIpc) is 2.80. The van der Waals surface area contributed by atoms with Gasteiger partial charge in [-0.3, -0.25) is 9.69 Å². The molecule has 1 atom stereocenters. The van der Waals surface area contributed by atoms with Gasteiger partial charge in [0.05, 0.1) is 18.6 Å². The van der Waals surface area contributed by atoms with Crippen molar-refractivity contribution >= 4 is 16.0 Å². The van der Waals surface area contributed by atoms with E-state index in [1.54, 1.807) is 31.2 Å². The van der Waals surface area contributed by atoms with Crippen LogP contribution in [0.5, 0.6) is 5.75 Å². The summed E-state index contributed by atoms with van der Waals surface area (Å²) < 4.78 is 33.0. The quantitative estimate of drug-likeness (QED) is 0.806. The van der Waals surface area contributed by atoms with E-state index in [0.29, 0.717) is 31.7 Å². The average molecular weight is 384 g/mol. The van der Waals surface area contributed by atoms with Crippen molar-refractivity contribution in [1.29, 1.82) is 0 Å². The highest BCUT2D eigenvalue weighted by molar-refractivity contribution is 7.89. The van der Waals surface area contributed by atoms with Crippen LogP contribution in [0.3, 0.4) is 0 Å². The number of benzene rings is 1. The van der Waals surface area contributed by atoms with Gasteiger partial charge in [0.2, 0.25) is 10.0 Å². The Hall–Kier alpha value is -1.64. The number of sulfonamides is 1. The molecule has 1 aromatic carbocycles. The van der Waals surface area contributed by atoms with Crippen LogP contribution in [-0.4, -0.2) is 68.5 Å². The molecule has 8 heteroatoms. The zero-order valence-electron chi connectivity index (χ0n) is 15.9. The second kappa shape index (κ2) is 8.37. The number of methoxy groups -OCH3 is 1. The molecule has 7 nitrogen and oxygen atoms in total. The van der Waals surface area contributed by atoms with Crippen molar-refractivity contribution in [2.24, 2.45) is 0 Å². The van der Waals surface area contributed by atoms with E-state index >= 15 is 0 Å². The molecule has 0 amide bonds. The molecule has 1 heterocycles. The topological polar surface area (TPSA) is 87.2 Å². The van der Waals surface area contributed by atoms with Crippen LogP contribution in [-0.2, 0) is 14.8 Å². The standard InChI is InChI=1S/C18H28N2O5S/c1-13-10-16(11-14(2)18(13)25-4)26(23,24)20-8-5-6-15(7-9-20)19(3)12-17(21)22/h10-11,15H,5-9,12H2,1-4H3,(H,21,22). The number of ether oxygens (including phenoxy) is 1. The maximum atomic E-state index is 13.1. The van der Waals surface area contributed by atoms with Crippen LogP contribution in [0.2, 0.25) is 0 Å². The first kappa shape index (κ1) is 20.7. The van der Waals surface area contributed by atoms with Crippen molar-refractivity contribution in [3.8, 4) is 5.75 Å². The van der Waals surface area contributed by atoms with Gasteiger partial charge in [-0.25, -0.2) is 8.42 Å². The molecule has 0 saturated carbocycles. The van der Waals surface area contributed by atoms with Crippen LogP contribution < -0.4 is 4.74 Å². The Balaban J connectivity index is 2.19. The lowest BCUT2D eigenvalue weighted by Crippen LogP contribution is -2.37. The molecule has 26 heavy (non-hydrogen) atoms. The molecule has 1 fully saturated rings. The first-order valence-electron chi connectivity index (χ1n) is 8.74. The van der Waals surface area contributed by atoms with Gasteiger partial charge in [0.15, 0.2) is 0 Å². The molecule has 0 bridgehead atoms. The summed E-state index contributed by atoms with van der Waals surface area (Å²) >= 11 is 0. The Morgan fingerprint density at radius 2 is 1.88 bits per heavy atom. The van der Waals surface area contributed by atoms with Gasteiger partial charge in [-0.15, -0.1) is 0 Å². The highest BCUT2D eigenvalue weighted by atomic mass is 32.2. The molecular weight excluding hydrogens is 356 g/mol. The Kier molecular flexibility index (Phi) is 6.65. The highest BCUT2D eigenvalue weighted by Gasteiger charge is 2.30. The van der Waals surface area contributed by atoms with E-state index in [0.717, 1.165) is 17.5 Å².